The van der Waals surface area contributed by atoms with Gasteiger partial charge in [-0.3, -0.25) is 4.79 Å². The van der Waals surface area contributed by atoms with Gasteiger partial charge < -0.3 is 15.3 Å². The summed E-state index contributed by atoms with van der Waals surface area (Å²) in [6, 6.07) is 7.59. The Kier molecular flexibility index (Phi) is 4.81. The Bertz CT molecular complexity index is 555. The van der Waals surface area contributed by atoms with Crippen LogP contribution in [0, 0.1) is 17.2 Å². The van der Waals surface area contributed by atoms with Crippen LogP contribution in [0.15, 0.2) is 18.2 Å². The van der Waals surface area contributed by atoms with E-state index in [1.54, 1.807) is 6.07 Å². The standard InChI is InChI=1S/C16H21N3O2/c1-11(2)16(21)18-13-3-4-15(12(9-13)10-17)19-7-5-14(20)6-8-19/h3-4,9,11,14,20H,5-8H2,1-2H3,(H,18,21). The number of nitriles is 1. The lowest BCUT2D eigenvalue weighted by molar-refractivity contribution is -0.118. The molecule has 0 saturated carbocycles. The first-order valence-electron chi connectivity index (χ1n) is 7.29. The molecule has 1 aliphatic heterocycles. The van der Waals surface area contributed by atoms with Gasteiger partial charge >= 0.3 is 0 Å². The molecule has 1 aliphatic rings. The first kappa shape index (κ1) is 15.3. The fraction of sp³-hybridized carbons (Fsp3) is 0.500. The van der Waals surface area contributed by atoms with E-state index in [1.165, 1.54) is 0 Å². The minimum Gasteiger partial charge on any atom is -0.393 e. The predicted octanol–water partition coefficient (Wildman–Crippen LogP) is 2.11. The van der Waals surface area contributed by atoms with Gasteiger partial charge in [0.25, 0.3) is 0 Å². The second-order valence-electron chi connectivity index (χ2n) is 5.71. The van der Waals surface area contributed by atoms with Crippen molar-refractivity contribution in [1.29, 1.82) is 5.26 Å². The number of nitrogens with one attached hydrogen (secondary N) is 1. The normalized spacial score (nSPS) is 15.9. The number of benzene rings is 1. The van der Waals surface area contributed by atoms with Gasteiger partial charge in [-0.2, -0.15) is 5.26 Å². The minimum atomic E-state index is -0.239. The quantitative estimate of drug-likeness (QED) is 0.892. The molecule has 0 aliphatic carbocycles. The topological polar surface area (TPSA) is 76.4 Å². The van der Waals surface area contributed by atoms with Gasteiger partial charge in [0.1, 0.15) is 6.07 Å². The molecule has 1 aromatic rings. The lowest BCUT2D eigenvalue weighted by Gasteiger charge is -2.32. The number of amides is 1. The van der Waals surface area contributed by atoms with Crippen LogP contribution in [0.3, 0.4) is 0 Å². The molecule has 0 atom stereocenters. The molecule has 112 valence electrons. The van der Waals surface area contributed by atoms with Gasteiger partial charge in [0, 0.05) is 24.7 Å². The molecule has 5 nitrogen and oxygen atoms in total. The molecule has 2 N–H and O–H groups in total. The summed E-state index contributed by atoms with van der Waals surface area (Å²) in [5.74, 6) is -0.161. The van der Waals surface area contributed by atoms with Gasteiger partial charge in [-0.25, -0.2) is 0 Å². The van der Waals surface area contributed by atoms with Crippen molar-refractivity contribution in [3.8, 4) is 6.07 Å². The third-order valence-corrected chi connectivity index (χ3v) is 3.71. The summed E-state index contributed by atoms with van der Waals surface area (Å²) in [5.41, 5.74) is 2.06. The SMILES string of the molecule is CC(C)C(=O)Nc1ccc(N2CCC(O)CC2)c(C#N)c1. The van der Waals surface area contributed by atoms with E-state index < -0.39 is 0 Å². The average Bonchev–Trinajstić information content (AvgIpc) is 2.48. The van der Waals surface area contributed by atoms with Crippen LogP contribution in [0.25, 0.3) is 0 Å². The Morgan fingerprint density at radius 3 is 2.67 bits per heavy atom. The monoisotopic (exact) mass is 287 g/mol. The number of aliphatic hydroxyl groups excluding tert-OH is 1. The van der Waals surface area contributed by atoms with Crippen LogP contribution in [-0.2, 0) is 4.79 Å². The summed E-state index contributed by atoms with van der Waals surface area (Å²) in [5, 5.41) is 21.7. The van der Waals surface area contributed by atoms with E-state index in [1.807, 2.05) is 26.0 Å². The number of anilines is 2. The van der Waals surface area contributed by atoms with Crippen molar-refractivity contribution in [2.75, 3.05) is 23.3 Å². The summed E-state index contributed by atoms with van der Waals surface area (Å²) >= 11 is 0. The van der Waals surface area contributed by atoms with Crippen LogP contribution in [0.4, 0.5) is 11.4 Å². The summed E-state index contributed by atoms with van der Waals surface area (Å²) in [6.07, 6.45) is 1.20. The Hall–Kier alpha value is -2.06. The van der Waals surface area contributed by atoms with Crippen LogP contribution >= 0.6 is 0 Å². The van der Waals surface area contributed by atoms with E-state index in [2.05, 4.69) is 16.3 Å². The van der Waals surface area contributed by atoms with Gasteiger partial charge in [0.15, 0.2) is 0 Å². The maximum atomic E-state index is 11.7. The molecule has 1 saturated heterocycles. The van der Waals surface area contributed by atoms with Crippen molar-refractivity contribution >= 4 is 17.3 Å². The zero-order valence-electron chi connectivity index (χ0n) is 12.5. The van der Waals surface area contributed by atoms with Crippen molar-refractivity contribution in [2.24, 2.45) is 5.92 Å². The van der Waals surface area contributed by atoms with Crippen LogP contribution in [0.5, 0.6) is 0 Å². The van der Waals surface area contributed by atoms with Crippen LogP contribution in [-0.4, -0.2) is 30.2 Å². The number of carbonyl (C=O) groups is 1. The van der Waals surface area contributed by atoms with Crippen molar-refractivity contribution < 1.29 is 9.90 Å². The molecule has 0 unspecified atom stereocenters. The predicted molar refractivity (Wildman–Crippen MR) is 82.1 cm³/mol. The number of piperidine rings is 1. The highest BCUT2D eigenvalue weighted by atomic mass is 16.3. The second-order valence-corrected chi connectivity index (χ2v) is 5.71. The largest absolute Gasteiger partial charge is 0.393 e. The van der Waals surface area contributed by atoms with E-state index >= 15 is 0 Å². The zero-order chi connectivity index (χ0) is 15.4. The van der Waals surface area contributed by atoms with Crippen molar-refractivity contribution in [2.45, 2.75) is 32.8 Å². The fourth-order valence-electron chi connectivity index (χ4n) is 2.37. The van der Waals surface area contributed by atoms with Crippen LogP contribution < -0.4 is 10.2 Å². The smallest absolute Gasteiger partial charge is 0.226 e. The van der Waals surface area contributed by atoms with Gasteiger partial charge in [0.05, 0.1) is 17.4 Å². The highest BCUT2D eigenvalue weighted by molar-refractivity contribution is 5.92. The number of hydrogen-bond donors (Lipinski definition) is 2. The zero-order valence-corrected chi connectivity index (χ0v) is 12.5. The van der Waals surface area contributed by atoms with Gasteiger partial charge in [-0.15, -0.1) is 0 Å². The molecule has 21 heavy (non-hydrogen) atoms. The third kappa shape index (κ3) is 3.73. The van der Waals surface area contributed by atoms with Crippen LogP contribution in [0.2, 0.25) is 0 Å². The number of rotatable bonds is 3. The lowest BCUT2D eigenvalue weighted by Crippen LogP contribution is -2.36. The molecule has 1 heterocycles. The molecule has 1 amide bonds. The highest BCUT2D eigenvalue weighted by Gasteiger charge is 2.19. The summed E-state index contributed by atoms with van der Waals surface area (Å²) in [7, 11) is 0. The maximum absolute atomic E-state index is 11.7. The summed E-state index contributed by atoms with van der Waals surface area (Å²) < 4.78 is 0. The van der Waals surface area contributed by atoms with E-state index in [0.717, 1.165) is 31.6 Å². The second kappa shape index (κ2) is 6.59. The Morgan fingerprint density at radius 1 is 1.43 bits per heavy atom. The summed E-state index contributed by atoms with van der Waals surface area (Å²) in [6.45, 7) is 5.14. The maximum Gasteiger partial charge on any atom is 0.226 e. The van der Waals surface area contributed by atoms with Crippen LogP contribution in [0.1, 0.15) is 32.3 Å². The number of hydrogen-bond acceptors (Lipinski definition) is 4. The number of nitrogens with zero attached hydrogens (tertiary/aromatic N) is 2. The molecule has 0 aromatic heterocycles. The van der Waals surface area contributed by atoms with Gasteiger partial charge in [-0.05, 0) is 31.0 Å². The van der Waals surface area contributed by atoms with Crippen molar-refractivity contribution in [3.63, 3.8) is 0 Å². The molecule has 0 radical (unpaired) electrons. The molecular weight excluding hydrogens is 266 g/mol. The Labute approximate surface area is 125 Å². The van der Waals surface area contributed by atoms with Gasteiger partial charge in [-0.1, -0.05) is 13.8 Å². The van der Waals surface area contributed by atoms with Crippen molar-refractivity contribution in [3.05, 3.63) is 23.8 Å². The van der Waals surface area contributed by atoms with E-state index in [9.17, 15) is 15.2 Å². The first-order chi connectivity index (χ1) is 10.0. The van der Waals surface area contributed by atoms with E-state index in [-0.39, 0.29) is 17.9 Å². The first-order valence-corrected chi connectivity index (χ1v) is 7.29. The lowest BCUT2D eigenvalue weighted by atomic mass is 10.0. The minimum absolute atomic E-state index is 0.0623. The van der Waals surface area contributed by atoms with E-state index in [4.69, 9.17) is 0 Å². The molecular formula is C16H21N3O2. The molecule has 0 bridgehead atoms. The summed E-state index contributed by atoms with van der Waals surface area (Å²) in [4.78, 5) is 13.8. The fourth-order valence-corrected chi connectivity index (χ4v) is 2.37. The number of carbonyl (C=O) groups excluding carboxylic acids is 1. The molecule has 1 fully saturated rings. The Balaban J connectivity index is 2.17. The molecule has 1 aromatic carbocycles. The van der Waals surface area contributed by atoms with Crippen molar-refractivity contribution in [1.82, 2.24) is 0 Å². The molecule has 0 spiro atoms. The third-order valence-electron chi connectivity index (χ3n) is 3.71. The average molecular weight is 287 g/mol. The number of aliphatic hydroxyl groups is 1. The highest BCUT2D eigenvalue weighted by Crippen LogP contribution is 2.26. The molecule has 2 rings (SSSR count). The van der Waals surface area contributed by atoms with Gasteiger partial charge in [0.2, 0.25) is 5.91 Å². The Morgan fingerprint density at radius 2 is 2.10 bits per heavy atom. The van der Waals surface area contributed by atoms with E-state index in [0.29, 0.717) is 11.3 Å². The molecule has 5 heteroatoms.